The average molecular weight is 319 g/mol. The molecule has 7 heteroatoms. The van der Waals surface area contributed by atoms with E-state index in [9.17, 15) is 13.2 Å². The van der Waals surface area contributed by atoms with Gasteiger partial charge in [-0.25, -0.2) is 13.6 Å². The molecule has 6 nitrogen and oxygen atoms in total. The van der Waals surface area contributed by atoms with Gasteiger partial charge >= 0.3 is 0 Å². The summed E-state index contributed by atoms with van der Waals surface area (Å²) in [4.78, 5) is 17.9. The maximum absolute atomic E-state index is 11.9. The van der Waals surface area contributed by atoms with E-state index in [4.69, 9.17) is 5.14 Å². The van der Waals surface area contributed by atoms with Crippen LogP contribution in [0.5, 0.6) is 0 Å². The normalized spacial score (nSPS) is 19.0. The molecule has 116 valence electrons. The Labute approximate surface area is 129 Å². The molecule has 0 radical (unpaired) electrons. The van der Waals surface area contributed by atoms with E-state index in [-0.39, 0.29) is 18.9 Å². The molecule has 0 spiro atoms. The zero-order chi connectivity index (χ0) is 15.7. The number of likely N-dealkylation sites (tertiary alicyclic amines) is 1. The van der Waals surface area contributed by atoms with Gasteiger partial charge in [-0.15, -0.1) is 0 Å². The van der Waals surface area contributed by atoms with E-state index in [1.54, 1.807) is 4.90 Å². The molecule has 2 aromatic rings. The van der Waals surface area contributed by atoms with Crippen LogP contribution in [-0.2, 0) is 21.2 Å². The standard InChI is InChI=1S/C15H17N3O3S/c16-22(20,21)13-9-15(19)18(10-13)8-7-12-6-5-11-3-1-2-4-14(11)17-12/h1-6,13H,7-10H2,(H2,16,20,21). The molecule has 1 aromatic heterocycles. The number of rotatable bonds is 4. The summed E-state index contributed by atoms with van der Waals surface area (Å²) in [5.74, 6) is -0.167. The summed E-state index contributed by atoms with van der Waals surface area (Å²) in [7, 11) is -3.66. The summed E-state index contributed by atoms with van der Waals surface area (Å²) >= 11 is 0. The number of para-hydroxylation sites is 1. The number of aromatic nitrogens is 1. The van der Waals surface area contributed by atoms with Crippen molar-refractivity contribution in [3.8, 4) is 0 Å². The Morgan fingerprint density at radius 3 is 2.73 bits per heavy atom. The minimum atomic E-state index is -3.66. The molecule has 1 unspecified atom stereocenters. The highest BCUT2D eigenvalue weighted by atomic mass is 32.2. The van der Waals surface area contributed by atoms with Crippen molar-refractivity contribution >= 4 is 26.8 Å². The molecule has 1 aromatic carbocycles. The molecule has 0 aliphatic carbocycles. The maximum Gasteiger partial charge on any atom is 0.224 e. The maximum atomic E-state index is 11.9. The summed E-state index contributed by atoms with van der Waals surface area (Å²) < 4.78 is 22.7. The minimum Gasteiger partial charge on any atom is -0.341 e. The number of pyridine rings is 1. The van der Waals surface area contributed by atoms with Gasteiger partial charge < -0.3 is 4.90 Å². The predicted molar refractivity (Wildman–Crippen MR) is 83.5 cm³/mol. The van der Waals surface area contributed by atoms with E-state index >= 15 is 0 Å². The largest absolute Gasteiger partial charge is 0.341 e. The molecule has 3 rings (SSSR count). The number of benzene rings is 1. The number of sulfonamides is 1. The van der Waals surface area contributed by atoms with Gasteiger partial charge in [0.05, 0.1) is 5.52 Å². The molecule has 0 bridgehead atoms. The summed E-state index contributed by atoms with van der Waals surface area (Å²) in [5, 5.41) is 5.40. The van der Waals surface area contributed by atoms with E-state index in [0.717, 1.165) is 16.6 Å². The Morgan fingerprint density at radius 2 is 2.00 bits per heavy atom. The van der Waals surface area contributed by atoms with Crippen LogP contribution in [0.3, 0.4) is 0 Å². The molecule has 1 atom stereocenters. The topological polar surface area (TPSA) is 93.4 Å². The molecule has 0 saturated carbocycles. The van der Waals surface area contributed by atoms with Crippen molar-refractivity contribution in [1.82, 2.24) is 9.88 Å². The number of fused-ring (bicyclic) bond motifs is 1. The monoisotopic (exact) mass is 319 g/mol. The molecule has 1 aliphatic rings. The first-order valence-corrected chi connectivity index (χ1v) is 8.68. The lowest BCUT2D eigenvalue weighted by Crippen LogP contribution is -2.33. The Balaban J connectivity index is 1.68. The summed E-state index contributed by atoms with van der Waals surface area (Å²) in [5.41, 5.74) is 1.79. The predicted octanol–water partition coefficient (Wildman–Crippen LogP) is 0.667. The second-order valence-corrected chi connectivity index (χ2v) is 7.34. The fourth-order valence-electron chi connectivity index (χ4n) is 2.67. The smallest absolute Gasteiger partial charge is 0.224 e. The Bertz CT molecular complexity index is 820. The number of carbonyl (C=O) groups excluding carboxylic acids is 1. The van der Waals surface area contributed by atoms with Crippen LogP contribution < -0.4 is 5.14 Å². The van der Waals surface area contributed by atoms with Crippen molar-refractivity contribution in [3.05, 3.63) is 42.1 Å². The fourth-order valence-corrected chi connectivity index (χ4v) is 3.43. The van der Waals surface area contributed by atoms with Crippen molar-refractivity contribution in [2.75, 3.05) is 13.1 Å². The van der Waals surface area contributed by atoms with Crippen LogP contribution in [0.15, 0.2) is 36.4 Å². The molecule has 22 heavy (non-hydrogen) atoms. The molecule has 1 amide bonds. The molecule has 2 N–H and O–H groups in total. The van der Waals surface area contributed by atoms with Gasteiger partial charge in [0, 0.05) is 37.0 Å². The quantitative estimate of drug-likeness (QED) is 0.896. The van der Waals surface area contributed by atoms with Gasteiger partial charge in [0.2, 0.25) is 15.9 Å². The third-order valence-corrected chi connectivity index (χ3v) is 5.18. The van der Waals surface area contributed by atoms with Gasteiger partial charge in [0.1, 0.15) is 5.25 Å². The first-order chi connectivity index (χ1) is 10.4. The zero-order valence-corrected chi connectivity index (χ0v) is 12.8. The number of hydrogen-bond acceptors (Lipinski definition) is 4. The highest BCUT2D eigenvalue weighted by Crippen LogP contribution is 2.17. The second-order valence-electron chi connectivity index (χ2n) is 5.50. The summed E-state index contributed by atoms with van der Waals surface area (Å²) in [6.45, 7) is 0.626. The molecular weight excluding hydrogens is 302 g/mol. The van der Waals surface area contributed by atoms with Crippen molar-refractivity contribution in [1.29, 1.82) is 0 Å². The van der Waals surface area contributed by atoms with E-state index in [1.807, 2.05) is 36.4 Å². The highest BCUT2D eigenvalue weighted by molar-refractivity contribution is 7.89. The highest BCUT2D eigenvalue weighted by Gasteiger charge is 2.36. The van der Waals surface area contributed by atoms with Crippen LogP contribution in [0.25, 0.3) is 10.9 Å². The van der Waals surface area contributed by atoms with Crippen molar-refractivity contribution in [3.63, 3.8) is 0 Å². The van der Waals surface area contributed by atoms with Gasteiger partial charge in [0.25, 0.3) is 0 Å². The molecular formula is C15H17N3O3S. The SMILES string of the molecule is NS(=O)(=O)C1CC(=O)N(CCc2ccc3ccccc3n2)C1. The molecule has 2 heterocycles. The van der Waals surface area contributed by atoms with Gasteiger partial charge in [-0.1, -0.05) is 24.3 Å². The third-order valence-electron chi connectivity index (χ3n) is 3.94. The number of primary sulfonamides is 1. The first kappa shape index (κ1) is 14.9. The zero-order valence-electron chi connectivity index (χ0n) is 12.0. The first-order valence-electron chi connectivity index (χ1n) is 7.07. The lowest BCUT2D eigenvalue weighted by atomic mass is 10.2. The number of nitrogens with zero attached hydrogens (tertiary/aromatic N) is 2. The second kappa shape index (κ2) is 5.66. The number of amides is 1. The Morgan fingerprint density at radius 1 is 1.23 bits per heavy atom. The van der Waals surface area contributed by atoms with E-state index in [1.165, 1.54) is 0 Å². The lowest BCUT2D eigenvalue weighted by molar-refractivity contribution is -0.127. The fraction of sp³-hybridized carbons (Fsp3) is 0.333. The third kappa shape index (κ3) is 3.10. The minimum absolute atomic E-state index is 0.0238. The van der Waals surface area contributed by atoms with Crippen molar-refractivity contribution < 1.29 is 13.2 Å². The average Bonchev–Trinajstić information content (AvgIpc) is 2.86. The van der Waals surface area contributed by atoms with Gasteiger partial charge in [0.15, 0.2) is 0 Å². The van der Waals surface area contributed by atoms with Crippen molar-refractivity contribution in [2.24, 2.45) is 5.14 Å². The number of hydrogen-bond donors (Lipinski definition) is 1. The number of nitrogens with two attached hydrogens (primary N) is 1. The Kier molecular flexibility index (Phi) is 3.84. The van der Waals surface area contributed by atoms with Crippen LogP contribution in [0, 0.1) is 0 Å². The van der Waals surface area contributed by atoms with Crippen LogP contribution in [-0.4, -0.2) is 42.5 Å². The van der Waals surface area contributed by atoms with E-state index in [2.05, 4.69) is 4.98 Å². The van der Waals surface area contributed by atoms with Crippen LogP contribution in [0.1, 0.15) is 12.1 Å². The van der Waals surface area contributed by atoms with Crippen LogP contribution in [0.2, 0.25) is 0 Å². The van der Waals surface area contributed by atoms with Gasteiger partial charge in [-0.3, -0.25) is 9.78 Å². The van der Waals surface area contributed by atoms with Crippen molar-refractivity contribution in [2.45, 2.75) is 18.1 Å². The Hall–Kier alpha value is -1.99. The van der Waals surface area contributed by atoms with E-state index in [0.29, 0.717) is 13.0 Å². The number of carbonyl (C=O) groups is 1. The summed E-state index contributed by atoms with van der Waals surface area (Å²) in [6.07, 6.45) is 0.567. The van der Waals surface area contributed by atoms with Gasteiger partial charge in [-0.2, -0.15) is 0 Å². The van der Waals surface area contributed by atoms with Crippen LogP contribution >= 0.6 is 0 Å². The lowest BCUT2D eigenvalue weighted by Gasteiger charge is -2.15. The van der Waals surface area contributed by atoms with Gasteiger partial charge in [-0.05, 0) is 12.1 Å². The molecule has 1 fully saturated rings. The molecule has 1 aliphatic heterocycles. The van der Waals surface area contributed by atoms with E-state index < -0.39 is 15.3 Å². The molecule has 1 saturated heterocycles. The summed E-state index contributed by atoms with van der Waals surface area (Å²) in [6, 6.07) is 11.8. The van der Waals surface area contributed by atoms with Crippen LogP contribution in [0.4, 0.5) is 0 Å².